The summed E-state index contributed by atoms with van der Waals surface area (Å²) in [7, 11) is -0.907. The van der Waals surface area contributed by atoms with Gasteiger partial charge in [-0.2, -0.15) is 0 Å². The number of likely N-dealkylation sites (tertiary alicyclic amines) is 1. The number of rotatable bonds is 3. The van der Waals surface area contributed by atoms with Gasteiger partial charge >= 0.3 is 0 Å². The Balaban J connectivity index is 2.20. The summed E-state index contributed by atoms with van der Waals surface area (Å²) in [4.78, 5) is 13.5. The maximum atomic E-state index is 12.0. The van der Waals surface area contributed by atoms with Gasteiger partial charge in [-0.15, -0.1) is 0 Å². The Morgan fingerprint density at radius 3 is 2.68 bits per heavy atom. The van der Waals surface area contributed by atoms with E-state index in [-0.39, 0.29) is 17.4 Å². The predicted molar refractivity (Wildman–Crippen MR) is 66.1 cm³/mol. The molecule has 1 saturated heterocycles. The molecule has 0 saturated carbocycles. The van der Waals surface area contributed by atoms with Crippen molar-refractivity contribution in [1.82, 2.24) is 9.21 Å². The number of carbonyl (C=O) groups is 1. The fourth-order valence-electron chi connectivity index (χ4n) is 1.84. The Labute approximate surface area is 111 Å². The first kappa shape index (κ1) is 14.0. The van der Waals surface area contributed by atoms with E-state index in [1.807, 2.05) is 0 Å². The average molecular weight is 288 g/mol. The number of furan rings is 1. The average Bonchev–Trinajstić information content (AvgIpc) is 2.96. The zero-order valence-electron chi connectivity index (χ0n) is 10.7. The fraction of sp³-hybridized carbons (Fsp3) is 0.545. The van der Waals surface area contributed by atoms with Crippen LogP contribution in [-0.4, -0.2) is 61.9 Å². The predicted octanol–water partition coefficient (Wildman–Crippen LogP) is -0.263. The fourth-order valence-corrected chi connectivity index (χ4v) is 2.63. The number of hydrogen-bond donors (Lipinski definition) is 1. The van der Waals surface area contributed by atoms with Crippen LogP contribution in [0.15, 0.2) is 21.6 Å². The van der Waals surface area contributed by atoms with Crippen molar-refractivity contribution < 1.29 is 22.7 Å². The van der Waals surface area contributed by atoms with Crippen LogP contribution in [0, 0.1) is 0 Å². The third-order valence-corrected chi connectivity index (χ3v) is 4.67. The van der Waals surface area contributed by atoms with Crippen molar-refractivity contribution in [3.63, 3.8) is 0 Å². The molecule has 0 aliphatic carbocycles. The van der Waals surface area contributed by atoms with E-state index in [4.69, 9.17) is 4.42 Å². The van der Waals surface area contributed by atoms with Crippen LogP contribution in [-0.2, 0) is 10.0 Å². The molecule has 1 aliphatic rings. The lowest BCUT2D eigenvalue weighted by Gasteiger charge is -2.13. The first-order valence-corrected chi connectivity index (χ1v) is 7.26. The highest BCUT2D eigenvalue weighted by molar-refractivity contribution is 7.88. The molecule has 1 aromatic rings. The second-order valence-electron chi connectivity index (χ2n) is 4.60. The molecule has 2 rings (SSSR count). The van der Waals surface area contributed by atoms with Crippen molar-refractivity contribution in [2.75, 3.05) is 27.2 Å². The molecule has 1 N–H and O–H groups in total. The number of carbonyl (C=O) groups excluding carboxylic acids is 1. The largest absolute Gasteiger partial charge is 0.438 e. The smallest absolute Gasteiger partial charge is 0.289 e. The van der Waals surface area contributed by atoms with Crippen LogP contribution < -0.4 is 0 Å². The van der Waals surface area contributed by atoms with Gasteiger partial charge in [-0.05, 0) is 18.6 Å². The van der Waals surface area contributed by atoms with Crippen molar-refractivity contribution in [1.29, 1.82) is 0 Å². The van der Waals surface area contributed by atoms with Crippen LogP contribution >= 0.6 is 0 Å². The van der Waals surface area contributed by atoms with E-state index < -0.39 is 22.0 Å². The van der Waals surface area contributed by atoms with Crippen LogP contribution in [0.2, 0.25) is 0 Å². The third-order valence-electron chi connectivity index (χ3n) is 2.98. The summed E-state index contributed by atoms with van der Waals surface area (Å²) in [6.45, 7) is 0.686. The number of β-amino-alcohol motifs (C(OH)–C–C–N with tert-alkyl or cyclic N) is 1. The Morgan fingerprint density at radius 1 is 1.47 bits per heavy atom. The SMILES string of the molecule is CN(C)S(=O)(=O)c1ccc(C(=O)N2CC[C@H](O)C2)o1. The number of aliphatic hydroxyl groups excluding tert-OH is 1. The summed E-state index contributed by atoms with van der Waals surface area (Å²) in [6, 6.07) is 2.60. The van der Waals surface area contributed by atoms with Gasteiger partial charge in [0.05, 0.1) is 6.10 Å². The standard InChI is InChI=1S/C11H16N2O5S/c1-12(2)19(16,17)10-4-3-9(18-10)11(15)13-6-5-8(14)7-13/h3-4,8,14H,5-7H2,1-2H3/t8-/m0/s1. The zero-order valence-corrected chi connectivity index (χ0v) is 11.6. The molecule has 1 atom stereocenters. The second-order valence-corrected chi connectivity index (χ2v) is 6.68. The Morgan fingerprint density at radius 2 is 2.16 bits per heavy atom. The summed E-state index contributed by atoms with van der Waals surface area (Å²) >= 11 is 0. The highest BCUT2D eigenvalue weighted by atomic mass is 32.2. The lowest BCUT2D eigenvalue weighted by atomic mass is 10.3. The lowest BCUT2D eigenvalue weighted by Crippen LogP contribution is -2.29. The molecule has 0 unspecified atom stereocenters. The van der Waals surface area contributed by atoms with Gasteiger partial charge in [-0.1, -0.05) is 0 Å². The summed E-state index contributed by atoms with van der Waals surface area (Å²) in [5.74, 6) is -0.439. The zero-order chi connectivity index (χ0) is 14.2. The molecular weight excluding hydrogens is 272 g/mol. The topological polar surface area (TPSA) is 91.1 Å². The normalized spacial score (nSPS) is 20.2. The van der Waals surface area contributed by atoms with Crippen molar-refractivity contribution >= 4 is 15.9 Å². The molecule has 19 heavy (non-hydrogen) atoms. The molecule has 7 nitrogen and oxygen atoms in total. The van der Waals surface area contributed by atoms with Gasteiger partial charge in [0, 0.05) is 27.2 Å². The van der Waals surface area contributed by atoms with Crippen molar-refractivity contribution in [2.24, 2.45) is 0 Å². The molecule has 1 fully saturated rings. The molecule has 2 heterocycles. The number of aliphatic hydroxyl groups is 1. The molecule has 0 aromatic carbocycles. The first-order chi connectivity index (χ1) is 8.82. The number of nitrogens with zero attached hydrogens (tertiary/aromatic N) is 2. The van der Waals surface area contributed by atoms with E-state index in [1.54, 1.807) is 0 Å². The van der Waals surface area contributed by atoms with Gasteiger partial charge in [-0.25, -0.2) is 12.7 Å². The molecule has 1 aliphatic heterocycles. The van der Waals surface area contributed by atoms with Gasteiger partial charge in [0.2, 0.25) is 5.09 Å². The van der Waals surface area contributed by atoms with E-state index in [0.29, 0.717) is 13.0 Å². The van der Waals surface area contributed by atoms with Crippen LogP contribution in [0.1, 0.15) is 17.0 Å². The number of sulfonamides is 1. The van der Waals surface area contributed by atoms with Gasteiger partial charge in [-0.3, -0.25) is 4.79 Å². The van der Waals surface area contributed by atoms with Gasteiger partial charge in [0.15, 0.2) is 5.76 Å². The monoisotopic (exact) mass is 288 g/mol. The maximum Gasteiger partial charge on any atom is 0.289 e. The minimum atomic E-state index is -3.68. The van der Waals surface area contributed by atoms with Crippen molar-refractivity contribution in [3.8, 4) is 0 Å². The Kier molecular flexibility index (Phi) is 3.66. The molecule has 0 spiro atoms. The van der Waals surface area contributed by atoms with Crippen LogP contribution in [0.4, 0.5) is 0 Å². The van der Waals surface area contributed by atoms with E-state index in [0.717, 1.165) is 4.31 Å². The Hall–Kier alpha value is -1.38. The summed E-state index contributed by atoms with van der Waals surface area (Å²) < 4.78 is 29.7. The Bertz CT molecular complexity index is 578. The van der Waals surface area contributed by atoms with Gasteiger partial charge < -0.3 is 14.4 Å². The van der Waals surface area contributed by atoms with Crippen LogP contribution in [0.5, 0.6) is 0 Å². The molecule has 1 aromatic heterocycles. The number of amides is 1. The molecule has 0 bridgehead atoms. The molecule has 0 radical (unpaired) electrons. The summed E-state index contributed by atoms with van der Waals surface area (Å²) in [5.41, 5.74) is 0. The first-order valence-electron chi connectivity index (χ1n) is 5.82. The minimum Gasteiger partial charge on any atom is -0.438 e. The lowest BCUT2D eigenvalue weighted by molar-refractivity contribution is 0.0728. The molecule has 106 valence electrons. The van der Waals surface area contributed by atoms with Crippen molar-refractivity contribution in [2.45, 2.75) is 17.6 Å². The van der Waals surface area contributed by atoms with Gasteiger partial charge in [0.25, 0.3) is 15.9 Å². The highest BCUT2D eigenvalue weighted by Crippen LogP contribution is 2.20. The second kappa shape index (κ2) is 4.95. The molecule has 8 heteroatoms. The van der Waals surface area contributed by atoms with E-state index in [1.165, 1.54) is 31.1 Å². The quantitative estimate of drug-likeness (QED) is 0.827. The number of hydrogen-bond acceptors (Lipinski definition) is 5. The van der Waals surface area contributed by atoms with Crippen LogP contribution in [0.25, 0.3) is 0 Å². The maximum absolute atomic E-state index is 12.0. The van der Waals surface area contributed by atoms with E-state index in [9.17, 15) is 18.3 Å². The highest BCUT2D eigenvalue weighted by Gasteiger charge is 2.29. The van der Waals surface area contributed by atoms with Crippen molar-refractivity contribution in [3.05, 3.63) is 17.9 Å². The van der Waals surface area contributed by atoms with E-state index >= 15 is 0 Å². The summed E-state index contributed by atoms with van der Waals surface area (Å²) in [6.07, 6.45) is -0.00106. The molecular formula is C11H16N2O5S. The third kappa shape index (κ3) is 2.65. The molecule has 1 amide bonds. The minimum absolute atomic E-state index is 0.0328. The van der Waals surface area contributed by atoms with Gasteiger partial charge in [0.1, 0.15) is 0 Å². The van der Waals surface area contributed by atoms with E-state index in [2.05, 4.69) is 0 Å². The summed E-state index contributed by atoms with van der Waals surface area (Å²) in [5, 5.41) is 9.11. The van der Waals surface area contributed by atoms with Crippen LogP contribution in [0.3, 0.4) is 0 Å².